The van der Waals surface area contributed by atoms with Crippen molar-refractivity contribution in [2.75, 3.05) is 0 Å². The van der Waals surface area contributed by atoms with E-state index >= 15 is 0 Å². The molecular formula is C14H12FNO. The number of ketones is 1. The van der Waals surface area contributed by atoms with E-state index in [9.17, 15) is 9.18 Å². The molecule has 0 aliphatic heterocycles. The van der Waals surface area contributed by atoms with Gasteiger partial charge in [-0.3, -0.25) is 9.78 Å². The van der Waals surface area contributed by atoms with Gasteiger partial charge in [0.2, 0.25) is 0 Å². The van der Waals surface area contributed by atoms with Gasteiger partial charge in [-0.15, -0.1) is 0 Å². The molecule has 2 aromatic rings. The van der Waals surface area contributed by atoms with Crippen LogP contribution in [-0.2, 0) is 0 Å². The minimum absolute atomic E-state index is 0.0843. The number of pyridine rings is 1. The predicted molar refractivity (Wildman–Crippen MR) is 64.4 cm³/mol. The highest BCUT2D eigenvalue weighted by Gasteiger charge is 2.09. The molecule has 0 fully saturated rings. The van der Waals surface area contributed by atoms with Crippen molar-refractivity contribution < 1.29 is 9.18 Å². The van der Waals surface area contributed by atoms with Crippen molar-refractivity contribution in [3.8, 4) is 11.3 Å². The fourth-order valence-corrected chi connectivity index (χ4v) is 1.62. The standard InChI is InChI=1S/C14H12FNO/c1-9-5-6-16-14(7-9)12-8-11(10(2)17)3-4-13(12)15/h3-8H,1-2H3. The molecule has 0 saturated heterocycles. The summed E-state index contributed by atoms with van der Waals surface area (Å²) in [6, 6.07) is 7.96. The fraction of sp³-hybridized carbons (Fsp3) is 0.143. The van der Waals surface area contributed by atoms with Crippen LogP contribution in [0.1, 0.15) is 22.8 Å². The van der Waals surface area contributed by atoms with Crippen molar-refractivity contribution in [3.05, 3.63) is 53.5 Å². The van der Waals surface area contributed by atoms with Gasteiger partial charge in [-0.1, -0.05) is 0 Å². The van der Waals surface area contributed by atoms with Crippen LogP contribution < -0.4 is 0 Å². The van der Waals surface area contributed by atoms with Crippen LogP contribution >= 0.6 is 0 Å². The minimum Gasteiger partial charge on any atom is -0.295 e. The van der Waals surface area contributed by atoms with E-state index in [2.05, 4.69) is 4.98 Å². The predicted octanol–water partition coefficient (Wildman–Crippen LogP) is 3.40. The highest BCUT2D eigenvalue weighted by molar-refractivity contribution is 5.95. The second-order valence-electron chi connectivity index (χ2n) is 3.97. The van der Waals surface area contributed by atoms with E-state index in [1.165, 1.54) is 19.1 Å². The third kappa shape index (κ3) is 2.38. The molecule has 0 unspecified atom stereocenters. The zero-order valence-electron chi connectivity index (χ0n) is 9.70. The zero-order chi connectivity index (χ0) is 12.4. The van der Waals surface area contributed by atoms with Crippen LogP contribution in [0.2, 0.25) is 0 Å². The van der Waals surface area contributed by atoms with Crippen molar-refractivity contribution in [1.82, 2.24) is 4.98 Å². The van der Waals surface area contributed by atoms with Gasteiger partial charge in [0, 0.05) is 17.3 Å². The van der Waals surface area contributed by atoms with Crippen molar-refractivity contribution in [1.29, 1.82) is 0 Å². The van der Waals surface area contributed by atoms with Gasteiger partial charge in [-0.25, -0.2) is 4.39 Å². The molecule has 2 rings (SSSR count). The molecule has 0 saturated carbocycles. The number of rotatable bonds is 2. The SMILES string of the molecule is CC(=O)c1ccc(F)c(-c2cc(C)ccn2)c1. The lowest BCUT2D eigenvalue weighted by Gasteiger charge is -2.05. The largest absolute Gasteiger partial charge is 0.295 e. The summed E-state index contributed by atoms with van der Waals surface area (Å²) in [6.45, 7) is 3.37. The van der Waals surface area contributed by atoms with Crippen molar-refractivity contribution in [3.63, 3.8) is 0 Å². The highest BCUT2D eigenvalue weighted by atomic mass is 19.1. The number of aromatic nitrogens is 1. The van der Waals surface area contributed by atoms with E-state index in [-0.39, 0.29) is 11.6 Å². The lowest BCUT2D eigenvalue weighted by Crippen LogP contribution is -1.95. The molecule has 0 amide bonds. The molecule has 3 heteroatoms. The summed E-state index contributed by atoms with van der Waals surface area (Å²) >= 11 is 0. The van der Waals surface area contributed by atoms with Crippen LogP contribution in [0.5, 0.6) is 0 Å². The Balaban J connectivity index is 2.58. The van der Waals surface area contributed by atoms with E-state index in [4.69, 9.17) is 0 Å². The van der Waals surface area contributed by atoms with Crippen LogP contribution in [0.3, 0.4) is 0 Å². The zero-order valence-corrected chi connectivity index (χ0v) is 9.70. The number of aryl methyl sites for hydroxylation is 1. The lowest BCUT2D eigenvalue weighted by molar-refractivity contribution is 0.101. The van der Waals surface area contributed by atoms with Gasteiger partial charge in [0.25, 0.3) is 0 Å². The molecule has 0 spiro atoms. The van der Waals surface area contributed by atoms with Gasteiger partial charge in [0.15, 0.2) is 5.78 Å². The van der Waals surface area contributed by atoms with Crippen LogP contribution in [0.4, 0.5) is 4.39 Å². The maximum Gasteiger partial charge on any atom is 0.159 e. The summed E-state index contributed by atoms with van der Waals surface area (Å²) in [7, 11) is 0. The third-order valence-electron chi connectivity index (χ3n) is 2.56. The summed E-state index contributed by atoms with van der Waals surface area (Å²) in [5.74, 6) is -0.452. The van der Waals surface area contributed by atoms with E-state index in [0.29, 0.717) is 16.8 Å². The molecule has 0 radical (unpaired) electrons. The Kier molecular flexibility index (Phi) is 3.00. The second-order valence-corrected chi connectivity index (χ2v) is 3.97. The monoisotopic (exact) mass is 229 g/mol. The summed E-state index contributed by atoms with van der Waals surface area (Å²) < 4.78 is 13.7. The van der Waals surface area contributed by atoms with Crippen LogP contribution in [0, 0.1) is 12.7 Å². The van der Waals surface area contributed by atoms with Crippen LogP contribution in [-0.4, -0.2) is 10.8 Å². The first-order valence-corrected chi connectivity index (χ1v) is 5.31. The first-order chi connectivity index (χ1) is 8.08. The molecule has 1 aromatic heterocycles. The Morgan fingerprint density at radius 1 is 1.24 bits per heavy atom. The van der Waals surface area contributed by atoms with E-state index in [1.807, 2.05) is 13.0 Å². The maximum atomic E-state index is 13.7. The molecule has 0 bridgehead atoms. The Morgan fingerprint density at radius 3 is 2.65 bits per heavy atom. The first kappa shape index (κ1) is 11.5. The van der Waals surface area contributed by atoms with Gasteiger partial charge in [-0.2, -0.15) is 0 Å². The number of carbonyl (C=O) groups excluding carboxylic acids is 1. The molecule has 0 aliphatic rings. The number of nitrogens with zero attached hydrogens (tertiary/aromatic N) is 1. The van der Waals surface area contributed by atoms with Gasteiger partial charge in [0.1, 0.15) is 5.82 Å². The van der Waals surface area contributed by atoms with E-state index in [1.54, 1.807) is 18.3 Å². The Morgan fingerprint density at radius 2 is 2.00 bits per heavy atom. The Labute approximate surface area is 99.1 Å². The number of hydrogen-bond acceptors (Lipinski definition) is 2. The highest BCUT2D eigenvalue weighted by Crippen LogP contribution is 2.23. The van der Waals surface area contributed by atoms with Gasteiger partial charge in [0.05, 0.1) is 5.69 Å². The number of hydrogen-bond donors (Lipinski definition) is 0. The average molecular weight is 229 g/mol. The number of halogens is 1. The fourth-order valence-electron chi connectivity index (χ4n) is 1.62. The summed E-state index contributed by atoms with van der Waals surface area (Å²) in [6.07, 6.45) is 1.63. The summed E-state index contributed by atoms with van der Waals surface area (Å²) in [5, 5.41) is 0. The van der Waals surface area contributed by atoms with Crippen LogP contribution in [0.15, 0.2) is 36.5 Å². The second kappa shape index (κ2) is 4.45. The Hall–Kier alpha value is -2.03. The molecule has 17 heavy (non-hydrogen) atoms. The first-order valence-electron chi connectivity index (χ1n) is 5.31. The molecule has 2 nitrogen and oxygen atoms in total. The quantitative estimate of drug-likeness (QED) is 0.739. The molecular weight excluding hydrogens is 217 g/mol. The topological polar surface area (TPSA) is 30.0 Å². The smallest absolute Gasteiger partial charge is 0.159 e. The summed E-state index contributed by atoms with van der Waals surface area (Å²) in [4.78, 5) is 15.4. The minimum atomic E-state index is -0.367. The van der Waals surface area contributed by atoms with Crippen molar-refractivity contribution >= 4 is 5.78 Å². The maximum absolute atomic E-state index is 13.7. The molecule has 0 N–H and O–H groups in total. The van der Waals surface area contributed by atoms with E-state index in [0.717, 1.165) is 5.56 Å². The molecule has 0 aliphatic carbocycles. The number of Topliss-reactive ketones (excluding diaryl/α,β-unsaturated/α-hetero) is 1. The Bertz CT molecular complexity index is 578. The van der Waals surface area contributed by atoms with Gasteiger partial charge in [-0.05, 0) is 49.7 Å². The van der Waals surface area contributed by atoms with Crippen molar-refractivity contribution in [2.24, 2.45) is 0 Å². The lowest BCUT2D eigenvalue weighted by atomic mass is 10.0. The number of carbonyl (C=O) groups is 1. The normalized spacial score (nSPS) is 10.3. The molecule has 1 heterocycles. The van der Waals surface area contributed by atoms with Crippen LogP contribution in [0.25, 0.3) is 11.3 Å². The molecule has 1 aromatic carbocycles. The van der Waals surface area contributed by atoms with E-state index < -0.39 is 0 Å². The third-order valence-corrected chi connectivity index (χ3v) is 2.56. The molecule has 0 atom stereocenters. The van der Waals surface area contributed by atoms with Gasteiger partial charge >= 0.3 is 0 Å². The summed E-state index contributed by atoms with van der Waals surface area (Å²) in [5.41, 5.74) is 2.40. The molecule has 86 valence electrons. The van der Waals surface area contributed by atoms with Gasteiger partial charge < -0.3 is 0 Å². The average Bonchev–Trinajstić information content (AvgIpc) is 2.29. The van der Waals surface area contributed by atoms with Crippen molar-refractivity contribution in [2.45, 2.75) is 13.8 Å². The number of benzene rings is 1.